The van der Waals surface area contributed by atoms with E-state index < -0.39 is 0 Å². The van der Waals surface area contributed by atoms with Crippen LogP contribution in [0, 0.1) is 6.92 Å². The molecule has 0 bridgehead atoms. The fourth-order valence-corrected chi connectivity index (χ4v) is 3.04. The van der Waals surface area contributed by atoms with Crippen molar-refractivity contribution in [3.05, 3.63) is 38.8 Å². The Morgan fingerprint density at radius 2 is 2.24 bits per heavy atom. The number of hydrogen-bond donors (Lipinski definition) is 1. The van der Waals surface area contributed by atoms with Crippen molar-refractivity contribution < 1.29 is 14.3 Å². The van der Waals surface area contributed by atoms with Crippen LogP contribution in [0.25, 0.3) is 0 Å². The Balaban J connectivity index is 2.02. The first-order valence-electron chi connectivity index (χ1n) is 7.66. The molecule has 1 aromatic heterocycles. The highest BCUT2D eigenvalue weighted by molar-refractivity contribution is 7.09. The van der Waals surface area contributed by atoms with Gasteiger partial charge in [-0.15, -0.1) is 11.3 Å². The smallest absolute Gasteiger partial charge is 0.246 e. The molecule has 2 aromatic rings. The summed E-state index contributed by atoms with van der Waals surface area (Å²) < 4.78 is 11.0. The lowest BCUT2D eigenvalue weighted by Gasteiger charge is -2.15. The molecular formula is C17H20ClN3O3S. The summed E-state index contributed by atoms with van der Waals surface area (Å²) in [5, 5.41) is 7.02. The van der Waals surface area contributed by atoms with E-state index in [4.69, 9.17) is 21.1 Å². The Kier molecular flexibility index (Phi) is 6.78. The lowest BCUT2D eigenvalue weighted by atomic mass is 10.2. The van der Waals surface area contributed by atoms with Gasteiger partial charge in [-0.2, -0.15) is 5.10 Å². The number of thiazole rings is 1. The van der Waals surface area contributed by atoms with E-state index in [1.807, 2.05) is 26.2 Å². The van der Waals surface area contributed by atoms with Crippen molar-refractivity contribution in [2.24, 2.45) is 5.10 Å². The molecule has 25 heavy (non-hydrogen) atoms. The van der Waals surface area contributed by atoms with Crippen LogP contribution in [0.1, 0.15) is 30.1 Å². The van der Waals surface area contributed by atoms with Gasteiger partial charge in [-0.3, -0.25) is 4.79 Å². The van der Waals surface area contributed by atoms with Crippen molar-refractivity contribution in [1.29, 1.82) is 0 Å². The number of nitrogens with one attached hydrogen (secondary N) is 1. The molecule has 0 atom stereocenters. The van der Waals surface area contributed by atoms with E-state index in [1.54, 1.807) is 12.1 Å². The number of rotatable bonds is 7. The molecule has 1 aromatic carbocycles. The molecule has 0 spiro atoms. The molecule has 0 aliphatic heterocycles. The minimum Gasteiger partial charge on any atom is -0.493 e. The molecule has 1 heterocycles. The highest BCUT2D eigenvalue weighted by atomic mass is 35.5. The second-order valence-electron chi connectivity index (χ2n) is 5.55. The number of hydrogen-bond acceptors (Lipinski definition) is 6. The normalized spacial score (nSPS) is 11.1. The number of ether oxygens (including phenoxy) is 2. The van der Waals surface area contributed by atoms with Crippen LogP contribution in [-0.2, 0) is 11.2 Å². The number of carbonyl (C=O) groups is 1. The monoisotopic (exact) mass is 381 g/mol. The summed E-state index contributed by atoms with van der Waals surface area (Å²) in [5.41, 5.74) is 4.06. The fourth-order valence-electron chi connectivity index (χ4n) is 2.00. The lowest BCUT2D eigenvalue weighted by Crippen LogP contribution is -2.19. The summed E-state index contributed by atoms with van der Waals surface area (Å²) >= 11 is 7.70. The maximum absolute atomic E-state index is 11.8. The topological polar surface area (TPSA) is 72.8 Å². The van der Waals surface area contributed by atoms with Gasteiger partial charge in [0.05, 0.1) is 30.9 Å². The van der Waals surface area contributed by atoms with Crippen molar-refractivity contribution in [2.45, 2.75) is 33.3 Å². The van der Waals surface area contributed by atoms with Crippen LogP contribution in [0.3, 0.4) is 0 Å². The van der Waals surface area contributed by atoms with Crippen molar-refractivity contribution >= 4 is 35.1 Å². The van der Waals surface area contributed by atoms with Gasteiger partial charge in [0.25, 0.3) is 0 Å². The molecule has 134 valence electrons. The molecule has 0 fully saturated rings. The van der Waals surface area contributed by atoms with Crippen LogP contribution >= 0.6 is 22.9 Å². The average Bonchev–Trinajstić information content (AvgIpc) is 2.94. The van der Waals surface area contributed by atoms with Gasteiger partial charge in [0.1, 0.15) is 5.01 Å². The van der Waals surface area contributed by atoms with Gasteiger partial charge >= 0.3 is 0 Å². The van der Waals surface area contributed by atoms with Gasteiger partial charge in [0, 0.05) is 11.1 Å². The van der Waals surface area contributed by atoms with Crippen LogP contribution in [0.2, 0.25) is 5.02 Å². The summed E-state index contributed by atoms with van der Waals surface area (Å²) in [5.74, 6) is 0.759. The fraction of sp³-hybridized carbons (Fsp3) is 0.353. The second kappa shape index (κ2) is 8.82. The van der Waals surface area contributed by atoms with E-state index in [-0.39, 0.29) is 18.4 Å². The first-order chi connectivity index (χ1) is 11.9. The first kappa shape index (κ1) is 19.2. The summed E-state index contributed by atoms with van der Waals surface area (Å²) in [6, 6.07) is 3.44. The molecule has 0 saturated heterocycles. The van der Waals surface area contributed by atoms with Crippen molar-refractivity contribution in [3.63, 3.8) is 0 Å². The van der Waals surface area contributed by atoms with Crippen LogP contribution in [0.5, 0.6) is 11.5 Å². The zero-order valence-corrected chi connectivity index (χ0v) is 16.1. The average molecular weight is 382 g/mol. The minimum atomic E-state index is -0.233. The molecule has 6 nitrogen and oxygen atoms in total. The Bertz CT molecular complexity index is 774. The molecule has 8 heteroatoms. The number of methoxy groups -OCH3 is 1. The summed E-state index contributed by atoms with van der Waals surface area (Å²) in [7, 11) is 1.54. The molecule has 0 aliphatic rings. The predicted octanol–water partition coefficient (Wildman–Crippen LogP) is 3.59. The van der Waals surface area contributed by atoms with E-state index in [9.17, 15) is 4.79 Å². The van der Waals surface area contributed by atoms with E-state index in [0.717, 1.165) is 10.7 Å². The first-order valence-corrected chi connectivity index (χ1v) is 8.92. The SMILES string of the molecule is COc1cc(/C=N\NC(=O)Cc2nc(C)cs2)cc(Cl)c1OC(C)C. The van der Waals surface area contributed by atoms with E-state index >= 15 is 0 Å². The van der Waals surface area contributed by atoms with Gasteiger partial charge in [0.2, 0.25) is 5.91 Å². The molecule has 0 saturated carbocycles. The molecular weight excluding hydrogens is 362 g/mol. The second-order valence-corrected chi connectivity index (χ2v) is 6.90. The summed E-state index contributed by atoms with van der Waals surface area (Å²) in [4.78, 5) is 16.1. The number of nitrogens with zero attached hydrogens (tertiary/aromatic N) is 2. The van der Waals surface area contributed by atoms with Crippen LogP contribution < -0.4 is 14.9 Å². The number of aromatic nitrogens is 1. The predicted molar refractivity (Wildman–Crippen MR) is 100 cm³/mol. The third-order valence-electron chi connectivity index (χ3n) is 2.99. The van der Waals surface area contributed by atoms with E-state index in [0.29, 0.717) is 22.1 Å². The van der Waals surface area contributed by atoms with Crippen molar-refractivity contribution in [2.75, 3.05) is 7.11 Å². The zero-order valence-electron chi connectivity index (χ0n) is 14.5. The zero-order chi connectivity index (χ0) is 18.4. The maximum atomic E-state index is 11.8. The molecule has 0 unspecified atom stereocenters. The third-order valence-corrected chi connectivity index (χ3v) is 4.23. The van der Waals surface area contributed by atoms with Gasteiger partial charge in [0.15, 0.2) is 11.5 Å². The molecule has 0 aliphatic carbocycles. The number of aryl methyl sites for hydroxylation is 1. The highest BCUT2D eigenvalue weighted by Gasteiger charge is 2.13. The van der Waals surface area contributed by atoms with Gasteiger partial charge in [-0.1, -0.05) is 11.6 Å². The summed E-state index contributed by atoms with van der Waals surface area (Å²) in [6.45, 7) is 5.70. The Labute approximate surface area is 155 Å². The molecule has 1 amide bonds. The minimum absolute atomic E-state index is 0.0281. The van der Waals surface area contributed by atoms with E-state index in [2.05, 4.69) is 15.5 Å². The number of hydrazone groups is 1. The maximum Gasteiger partial charge on any atom is 0.246 e. The van der Waals surface area contributed by atoms with Gasteiger partial charge in [-0.25, -0.2) is 10.4 Å². The van der Waals surface area contributed by atoms with Crippen LogP contribution in [-0.4, -0.2) is 30.3 Å². The third kappa shape index (κ3) is 5.72. The van der Waals surface area contributed by atoms with Crippen LogP contribution in [0.4, 0.5) is 0 Å². The van der Waals surface area contributed by atoms with Crippen molar-refractivity contribution in [3.8, 4) is 11.5 Å². The number of halogens is 1. The highest BCUT2D eigenvalue weighted by Crippen LogP contribution is 2.36. The number of benzene rings is 1. The Morgan fingerprint density at radius 1 is 1.48 bits per heavy atom. The van der Waals surface area contributed by atoms with E-state index in [1.165, 1.54) is 24.7 Å². The largest absolute Gasteiger partial charge is 0.493 e. The van der Waals surface area contributed by atoms with Gasteiger partial charge < -0.3 is 9.47 Å². The van der Waals surface area contributed by atoms with Crippen LogP contribution in [0.15, 0.2) is 22.6 Å². The Morgan fingerprint density at radius 3 is 2.84 bits per heavy atom. The number of amides is 1. The lowest BCUT2D eigenvalue weighted by molar-refractivity contribution is -0.120. The molecule has 0 radical (unpaired) electrons. The van der Waals surface area contributed by atoms with Gasteiger partial charge in [-0.05, 0) is 38.5 Å². The molecule has 2 rings (SSSR count). The standard InChI is InChI=1S/C17H20ClN3O3S/c1-10(2)24-17-13(18)5-12(6-14(17)23-4)8-19-21-15(22)7-16-20-11(3)9-25-16/h5-6,8-10H,7H2,1-4H3,(H,21,22)/b19-8-. The Hall–Kier alpha value is -2.12. The van der Waals surface area contributed by atoms with Crippen molar-refractivity contribution in [1.82, 2.24) is 10.4 Å². The quantitative estimate of drug-likeness (QED) is 0.587. The summed E-state index contributed by atoms with van der Waals surface area (Å²) in [6.07, 6.45) is 1.67. The number of carbonyl (C=O) groups excluding carboxylic acids is 1. The molecule has 1 N–H and O–H groups in total.